The average molecular weight is 394 g/mol. The van der Waals surface area contributed by atoms with E-state index in [0.717, 1.165) is 5.56 Å². The monoisotopic (exact) mass is 393 g/mol. The highest BCUT2D eigenvalue weighted by atomic mass is 35.5. The summed E-state index contributed by atoms with van der Waals surface area (Å²) in [5.74, 6) is 0. The van der Waals surface area contributed by atoms with Crippen LogP contribution in [-0.4, -0.2) is 33.0 Å². The number of methoxy groups -OCH3 is 1. The number of sulfonamides is 1. The Labute approximate surface area is 150 Å². The number of halogens is 2. The van der Waals surface area contributed by atoms with Crippen LogP contribution in [0.15, 0.2) is 33.9 Å². The largest absolute Gasteiger partial charge is 0.383 e. The fourth-order valence-corrected chi connectivity index (χ4v) is 4.91. The summed E-state index contributed by atoms with van der Waals surface area (Å²) < 4.78 is 32.4. The van der Waals surface area contributed by atoms with Crippen molar-refractivity contribution in [1.82, 2.24) is 4.31 Å². The zero-order chi connectivity index (χ0) is 17.0. The molecule has 0 unspecified atom stereocenters. The maximum absolute atomic E-state index is 13.0. The molecule has 2 aromatic rings. The van der Waals surface area contributed by atoms with Gasteiger partial charge in [0.05, 0.1) is 11.6 Å². The number of ether oxygens (including phenoxy) is 1. The fraction of sp³-hybridized carbons (Fsp3) is 0.333. The lowest BCUT2D eigenvalue weighted by molar-refractivity contribution is 0.177. The average Bonchev–Trinajstić information content (AvgIpc) is 3.00. The molecule has 0 saturated heterocycles. The number of thiophene rings is 1. The van der Waals surface area contributed by atoms with Crippen molar-refractivity contribution in [2.75, 3.05) is 20.3 Å². The first-order valence-electron chi connectivity index (χ1n) is 6.82. The van der Waals surface area contributed by atoms with Crippen LogP contribution >= 0.6 is 34.5 Å². The van der Waals surface area contributed by atoms with E-state index in [4.69, 9.17) is 27.9 Å². The van der Waals surface area contributed by atoms with Gasteiger partial charge >= 0.3 is 0 Å². The van der Waals surface area contributed by atoms with Crippen LogP contribution in [0.25, 0.3) is 0 Å². The van der Waals surface area contributed by atoms with Crippen molar-refractivity contribution in [1.29, 1.82) is 0 Å². The van der Waals surface area contributed by atoms with Gasteiger partial charge in [0.2, 0.25) is 10.0 Å². The topological polar surface area (TPSA) is 46.6 Å². The zero-order valence-corrected chi connectivity index (χ0v) is 15.9. The minimum Gasteiger partial charge on any atom is -0.383 e. The first-order valence-corrected chi connectivity index (χ1v) is 9.96. The Hall–Kier alpha value is -0.630. The van der Waals surface area contributed by atoms with E-state index in [2.05, 4.69) is 0 Å². The maximum Gasteiger partial charge on any atom is 0.244 e. The van der Waals surface area contributed by atoms with Gasteiger partial charge in [-0.05, 0) is 47.0 Å². The van der Waals surface area contributed by atoms with Gasteiger partial charge in [-0.1, -0.05) is 23.2 Å². The van der Waals surface area contributed by atoms with Crippen LogP contribution < -0.4 is 0 Å². The molecule has 8 heteroatoms. The van der Waals surface area contributed by atoms with Gasteiger partial charge in [-0.2, -0.15) is 15.6 Å². The Morgan fingerprint density at radius 2 is 2.00 bits per heavy atom. The summed E-state index contributed by atoms with van der Waals surface area (Å²) in [7, 11) is -2.22. The van der Waals surface area contributed by atoms with E-state index < -0.39 is 10.0 Å². The number of hydrogen-bond donors (Lipinski definition) is 0. The van der Waals surface area contributed by atoms with Crippen LogP contribution in [-0.2, 0) is 21.3 Å². The molecule has 1 heterocycles. The summed E-state index contributed by atoms with van der Waals surface area (Å²) in [6, 6.07) is 4.87. The smallest absolute Gasteiger partial charge is 0.244 e. The summed E-state index contributed by atoms with van der Waals surface area (Å²) in [5, 5.41) is 4.39. The SMILES string of the molecule is COCCN(Cc1ccsc1)S(=O)(=O)c1cc(C)c(Cl)cc1Cl. The van der Waals surface area contributed by atoms with Crippen molar-refractivity contribution >= 4 is 44.6 Å². The molecule has 23 heavy (non-hydrogen) atoms. The van der Waals surface area contributed by atoms with Crippen LogP contribution in [0.4, 0.5) is 0 Å². The number of hydrogen-bond acceptors (Lipinski definition) is 4. The molecular formula is C15H17Cl2NO3S2. The third-order valence-corrected chi connectivity index (χ3v) is 6.76. The number of rotatable bonds is 7. The molecule has 0 saturated carbocycles. The highest BCUT2D eigenvalue weighted by molar-refractivity contribution is 7.89. The first-order chi connectivity index (χ1) is 10.9. The summed E-state index contributed by atoms with van der Waals surface area (Å²) in [4.78, 5) is 0.0624. The molecule has 4 nitrogen and oxygen atoms in total. The summed E-state index contributed by atoms with van der Waals surface area (Å²) in [5.41, 5.74) is 1.59. The van der Waals surface area contributed by atoms with Gasteiger partial charge in [0.15, 0.2) is 0 Å². The van der Waals surface area contributed by atoms with Gasteiger partial charge in [-0.15, -0.1) is 0 Å². The normalized spacial score (nSPS) is 12.0. The van der Waals surface area contributed by atoms with E-state index in [1.165, 1.54) is 34.9 Å². The van der Waals surface area contributed by atoms with Crippen LogP contribution in [0.2, 0.25) is 10.0 Å². The van der Waals surface area contributed by atoms with Crippen molar-refractivity contribution in [3.05, 3.63) is 50.1 Å². The molecule has 0 atom stereocenters. The van der Waals surface area contributed by atoms with E-state index >= 15 is 0 Å². The predicted molar refractivity (Wildman–Crippen MR) is 95.0 cm³/mol. The highest BCUT2D eigenvalue weighted by Gasteiger charge is 2.27. The highest BCUT2D eigenvalue weighted by Crippen LogP contribution is 2.31. The lowest BCUT2D eigenvalue weighted by atomic mass is 10.2. The van der Waals surface area contributed by atoms with E-state index in [1.54, 1.807) is 6.92 Å². The van der Waals surface area contributed by atoms with Crippen molar-refractivity contribution < 1.29 is 13.2 Å². The molecule has 0 radical (unpaired) electrons. The fourth-order valence-electron chi connectivity index (χ4n) is 2.03. The summed E-state index contributed by atoms with van der Waals surface area (Å²) in [6.07, 6.45) is 0. The van der Waals surface area contributed by atoms with Gasteiger partial charge in [0.25, 0.3) is 0 Å². The molecule has 0 aliphatic carbocycles. The first kappa shape index (κ1) is 18.7. The number of benzene rings is 1. The van der Waals surface area contributed by atoms with Gasteiger partial charge in [0.1, 0.15) is 4.90 Å². The second kappa shape index (κ2) is 7.96. The lowest BCUT2D eigenvalue weighted by Crippen LogP contribution is -2.33. The Morgan fingerprint density at radius 1 is 1.26 bits per heavy atom. The number of aryl methyl sites for hydroxylation is 1. The quantitative estimate of drug-likeness (QED) is 0.707. The molecule has 0 amide bonds. The molecule has 0 N–H and O–H groups in total. The van der Waals surface area contributed by atoms with Crippen molar-refractivity contribution in [3.63, 3.8) is 0 Å². The summed E-state index contributed by atoms with van der Waals surface area (Å²) in [6.45, 7) is 2.56. The van der Waals surface area contributed by atoms with Gasteiger partial charge in [-0.25, -0.2) is 8.42 Å². The van der Waals surface area contributed by atoms with Gasteiger partial charge < -0.3 is 4.74 Å². The Kier molecular flexibility index (Phi) is 6.48. The second-order valence-electron chi connectivity index (χ2n) is 4.99. The zero-order valence-electron chi connectivity index (χ0n) is 12.8. The lowest BCUT2D eigenvalue weighted by Gasteiger charge is -2.22. The molecule has 0 spiro atoms. The van der Waals surface area contributed by atoms with Crippen LogP contribution in [0, 0.1) is 6.92 Å². The number of nitrogens with zero attached hydrogens (tertiary/aromatic N) is 1. The van der Waals surface area contributed by atoms with E-state index in [9.17, 15) is 8.42 Å². The summed E-state index contributed by atoms with van der Waals surface area (Å²) >= 11 is 13.7. The molecule has 0 fully saturated rings. The van der Waals surface area contributed by atoms with Crippen LogP contribution in [0.1, 0.15) is 11.1 Å². The van der Waals surface area contributed by atoms with E-state index in [-0.39, 0.29) is 23.0 Å². The third kappa shape index (κ3) is 4.47. The Morgan fingerprint density at radius 3 is 2.61 bits per heavy atom. The Balaban J connectivity index is 2.41. The van der Waals surface area contributed by atoms with Gasteiger partial charge in [-0.3, -0.25) is 0 Å². The van der Waals surface area contributed by atoms with Crippen molar-refractivity contribution in [2.24, 2.45) is 0 Å². The third-order valence-electron chi connectivity index (χ3n) is 3.31. The molecular weight excluding hydrogens is 377 g/mol. The van der Waals surface area contributed by atoms with Crippen LogP contribution in [0.5, 0.6) is 0 Å². The van der Waals surface area contributed by atoms with Crippen molar-refractivity contribution in [2.45, 2.75) is 18.4 Å². The van der Waals surface area contributed by atoms with E-state index in [1.807, 2.05) is 16.8 Å². The molecule has 1 aromatic carbocycles. The molecule has 0 aliphatic heterocycles. The minimum absolute atomic E-state index is 0.0624. The van der Waals surface area contributed by atoms with Crippen LogP contribution in [0.3, 0.4) is 0 Å². The Bertz CT molecular complexity index is 761. The standard InChI is InChI=1S/C15H17Cl2NO3S2/c1-11-7-15(14(17)8-13(11)16)23(19,20)18(4-5-21-2)9-12-3-6-22-10-12/h3,6-8,10H,4-5,9H2,1-2H3. The van der Waals surface area contributed by atoms with E-state index in [0.29, 0.717) is 17.2 Å². The molecule has 126 valence electrons. The van der Waals surface area contributed by atoms with Crippen molar-refractivity contribution in [3.8, 4) is 0 Å². The molecule has 2 rings (SSSR count). The molecule has 1 aromatic heterocycles. The molecule has 0 aliphatic rings. The maximum atomic E-state index is 13.0. The van der Waals surface area contributed by atoms with Gasteiger partial charge in [0, 0.05) is 25.2 Å². The minimum atomic E-state index is -3.75. The molecule has 0 bridgehead atoms. The second-order valence-corrected chi connectivity index (χ2v) is 8.50. The predicted octanol–water partition coefficient (Wildman–Crippen LogP) is 4.20.